The molecule has 0 aliphatic heterocycles. The smallest absolute Gasteiger partial charge is 0 e. The van der Waals surface area contributed by atoms with Gasteiger partial charge in [-0.2, -0.15) is 7.05 Å². The molecule has 0 aromatic heterocycles. The zero-order valence-corrected chi connectivity index (χ0v) is 8.04. The van der Waals surface area contributed by atoms with Gasteiger partial charge in [-0.3, -0.25) is 0 Å². The van der Waals surface area contributed by atoms with Gasteiger partial charge in [0.1, 0.15) is 0 Å². The molecule has 0 saturated carbocycles. The van der Waals surface area contributed by atoms with Crippen LogP contribution in [0.25, 0.3) is 5.73 Å². The molecule has 0 amide bonds. The summed E-state index contributed by atoms with van der Waals surface area (Å²) < 4.78 is 0. The Morgan fingerprint density at radius 3 is 1.00 bits per heavy atom. The van der Waals surface area contributed by atoms with Crippen LogP contribution in [0.3, 0.4) is 0 Å². The van der Waals surface area contributed by atoms with Gasteiger partial charge in [0.15, 0.2) is 0 Å². The van der Waals surface area contributed by atoms with E-state index in [0.29, 0.717) is 0 Å². The van der Waals surface area contributed by atoms with Crippen molar-refractivity contribution in [3.63, 3.8) is 0 Å². The maximum Gasteiger partial charge on any atom is 0 e. The summed E-state index contributed by atoms with van der Waals surface area (Å²) in [7, 11) is 1.25. The minimum atomic E-state index is 0. The van der Waals surface area contributed by atoms with E-state index in [4.69, 9.17) is 5.73 Å². The van der Waals surface area contributed by atoms with E-state index in [1.807, 2.05) is 0 Å². The first kappa shape index (κ1) is 32.3. The van der Waals surface area contributed by atoms with Crippen molar-refractivity contribution >= 4 is 24.8 Å². The van der Waals surface area contributed by atoms with Crippen LogP contribution >= 0.6 is 24.8 Å². The molecule has 1 N–H and O–H groups in total. The van der Waals surface area contributed by atoms with E-state index < -0.39 is 0 Å². The van der Waals surface area contributed by atoms with Crippen LogP contribution < -0.4 is 0 Å². The van der Waals surface area contributed by atoms with Crippen LogP contribution in [0, 0.1) is 0 Å². The Bertz CT molecular complexity index is 9.61. The summed E-state index contributed by atoms with van der Waals surface area (Å²) in [6.45, 7) is 0. The molecule has 0 spiro atoms. The average molecular weight is 281 g/mol. The summed E-state index contributed by atoms with van der Waals surface area (Å²) >= 11 is 0. The molecular weight excluding hydrogens is 275 g/mol. The molecule has 0 aromatic rings. The molecule has 0 atom stereocenters. The predicted molar refractivity (Wildman–Crippen MR) is 24.7 cm³/mol. The van der Waals surface area contributed by atoms with E-state index in [0.717, 1.165) is 0 Å². The maximum atomic E-state index is 5.75. The third-order valence-corrected chi connectivity index (χ3v) is 0. The standard InChI is InChI=1S/CH4N.2ClH.Hf/c1-2;;;/h2H,1H3;2*1H;/q-1;;;. The minimum absolute atomic E-state index is 0. The quantitative estimate of drug-likeness (QED) is 0.601. The first-order valence-corrected chi connectivity index (χ1v) is 0.500. The summed E-state index contributed by atoms with van der Waals surface area (Å²) in [5.74, 6) is 0. The van der Waals surface area contributed by atoms with Gasteiger partial charge in [-0.15, -0.1) is 24.8 Å². The minimum Gasteiger partial charge on any atom is -0.680 e. The molecule has 0 unspecified atom stereocenters. The number of rotatable bonds is 0. The molecule has 4 heteroatoms. The van der Waals surface area contributed by atoms with Gasteiger partial charge in [0, 0.05) is 25.8 Å². The Labute approximate surface area is 63.3 Å². The normalized spacial score (nSPS) is 1.20. The second-order valence-corrected chi connectivity index (χ2v) is 0. The van der Waals surface area contributed by atoms with E-state index in [2.05, 4.69) is 0 Å². The number of halogens is 2. The Balaban J connectivity index is -0.00000000167. The number of hydrogen-bond donors (Lipinski definition) is 0. The van der Waals surface area contributed by atoms with Crippen molar-refractivity contribution in [2.45, 2.75) is 0 Å². The molecular formula is CH6Cl2HfN-. The van der Waals surface area contributed by atoms with Crippen molar-refractivity contribution < 1.29 is 25.8 Å². The van der Waals surface area contributed by atoms with Crippen LogP contribution in [0.5, 0.6) is 0 Å². The molecule has 0 fully saturated rings. The van der Waals surface area contributed by atoms with Gasteiger partial charge in [-0.05, 0) is 0 Å². The zero-order valence-electron chi connectivity index (χ0n) is 2.82. The molecule has 0 radical (unpaired) electrons. The van der Waals surface area contributed by atoms with Gasteiger partial charge in [0.05, 0.1) is 0 Å². The van der Waals surface area contributed by atoms with E-state index in [1.165, 1.54) is 7.05 Å². The molecule has 0 aromatic carbocycles. The second kappa shape index (κ2) is 52.9. The van der Waals surface area contributed by atoms with Crippen LogP contribution in [0.4, 0.5) is 0 Å². The van der Waals surface area contributed by atoms with E-state index in [9.17, 15) is 0 Å². The fraction of sp³-hybridized carbons (Fsp3) is 1.00. The van der Waals surface area contributed by atoms with Gasteiger partial charge < -0.3 is 5.73 Å². The Morgan fingerprint density at radius 1 is 1.00 bits per heavy atom. The van der Waals surface area contributed by atoms with Crippen LogP contribution in [0.2, 0.25) is 0 Å². The average Bonchev–Trinajstić information content (AvgIpc) is 1.00. The van der Waals surface area contributed by atoms with Crippen LogP contribution in [-0.4, -0.2) is 7.05 Å². The second-order valence-electron chi connectivity index (χ2n) is 0. The fourth-order valence-electron chi connectivity index (χ4n) is 0. The van der Waals surface area contributed by atoms with Crippen molar-refractivity contribution in [1.82, 2.24) is 0 Å². The van der Waals surface area contributed by atoms with E-state index in [-0.39, 0.29) is 50.7 Å². The summed E-state index contributed by atoms with van der Waals surface area (Å²) in [6, 6.07) is 0. The van der Waals surface area contributed by atoms with Gasteiger partial charge in [0.2, 0.25) is 0 Å². The molecule has 1 nitrogen and oxygen atoms in total. The maximum absolute atomic E-state index is 5.75. The van der Waals surface area contributed by atoms with Crippen LogP contribution in [0.1, 0.15) is 0 Å². The zero-order chi connectivity index (χ0) is 2.00. The first-order valence-electron chi connectivity index (χ1n) is 0.500. The third kappa shape index (κ3) is 31.6. The Morgan fingerprint density at radius 2 is 1.00 bits per heavy atom. The van der Waals surface area contributed by atoms with Gasteiger partial charge >= 0.3 is 0 Å². The first-order chi connectivity index (χ1) is 1.00. The summed E-state index contributed by atoms with van der Waals surface area (Å²) in [4.78, 5) is 0. The van der Waals surface area contributed by atoms with Crippen molar-refractivity contribution in [2.75, 3.05) is 7.05 Å². The topological polar surface area (TPSA) is 23.8 Å². The summed E-state index contributed by atoms with van der Waals surface area (Å²) in [5.41, 5.74) is 5.75. The molecule has 0 heterocycles. The monoisotopic (exact) mass is 282 g/mol. The van der Waals surface area contributed by atoms with Crippen LogP contribution in [0.15, 0.2) is 0 Å². The number of nitrogens with one attached hydrogen (secondary N) is 1. The molecule has 0 saturated heterocycles. The molecule has 0 aliphatic rings. The molecule has 0 rings (SSSR count). The Hall–Kier alpha value is 1.41. The molecule has 0 bridgehead atoms. The third-order valence-electron chi connectivity index (χ3n) is 0. The SMILES string of the molecule is C[NH-].Cl.Cl.[Hf]. The fourth-order valence-corrected chi connectivity index (χ4v) is 0. The Kier molecular flexibility index (Phi) is 342. The molecule has 0 aliphatic carbocycles. The summed E-state index contributed by atoms with van der Waals surface area (Å²) in [5, 5.41) is 0. The molecule has 5 heavy (non-hydrogen) atoms. The predicted octanol–water partition coefficient (Wildman–Crippen LogP) is 1.51. The summed E-state index contributed by atoms with van der Waals surface area (Å²) in [6.07, 6.45) is 0. The number of hydrogen-bond acceptors (Lipinski definition) is 0. The molecule has 34 valence electrons. The van der Waals surface area contributed by atoms with Crippen molar-refractivity contribution in [3.05, 3.63) is 5.73 Å². The van der Waals surface area contributed by atoms with E-state index >= 15 is 0 Å². The van der Waals surface area contributed by atoms with E-state index in [1.54, 1.807) is 0 Å². The largest absolute Gasteiger partial charge is 0.680 e. The van der Waals surface area contributed by atoms with Crippen LogP contribution in [-0.2, 0) is 25.8 Å². The van der Waals surface area contributed by atoms with Crippen molar-refractivity contribution in [1.29, 1.82) is 0 Å². The van der Waals surface area contributed by atoms with Gasteiger partial charge in [-0.25, -0.2) is 0 Å². The van der Waals surface area contributed by atoms with Crippen molar-refractivity contribution in [3.8, 4) is 0 Å². The van der Waals surface area contributed by atoms with Gasteiger partial charge in [0.25, 0.3) is 0 Å². The van der Waals surface area contributed by atoms with Gasteiger partial charge in [-0.1, -0.05) is 0 Å². The van der Waals surface area contributed by atoms with Crippen molar-refractivity contribution in [2.24, 2.45) is 0 Å².